The summed E-state index contributed by atoms with van der Waals surface area (Å²) in [6.07, 6.45) is 0. The maximum absolute atomic E-state index is 4.56. The summed E-state index contributed by atoms with van der Waals surface area (Å²) in [6, 6.07) is 2.11. The van der Waals surface area contributed by atoms with Crippen LogP contribution in [0.1, 0.15) is 18.4 Å². The van der Waals surface area contributed by atoms with Crippen molar-refractivity contribution in [3.63, 3.8) is 0 Å². The van der Waals surface area contributed by atoms with E-state index < -0.39 is 0 Å². The van der Waals surface area contributed by atoms with E-state index in [-0.39, 0.29) is 0 Å². The number of piperazine rings is 1. The zero-order valence-corrected chi connectivity index (χ0v) is 11.6. The van der Waals surface area contributed by atoms with E-state index >= 15 is 0 Å². The molecule has 1 aliphatic rings. The van der Waals surface area contributed by atoms with Crippen molar-refractivity contribution < 1.29 is 0 Å². The van der Waals surface area contributed by atoms with Crippen molar-refractivity contribution in [2.75, 3.05) is 44.7 Å². The third-order valence-electron chi connectivity index (χ3n) is 3.26. The Morgan fingerprint density at radius 1 is 1.22 bits per heavy atom. The Morgan fingerprint density at radius 3 is 2.61 bits per heavy atom. The average molecular weight is 249 g/mol. The van der Waals surface area contributed by atoms with Crippen LogP contribution >= 0.6 is 0 Å². The number of nitrogens with zero attached hydrogens (tertiary/aromatic N) is 4. The molecule has 0 saturated carbocycles. The molecule has 1 fully saturated rings. The minimum Gasteiger partial charge on any atom is -0.354 e. The molecule has 2 rings (SSSR count). The highest BCUT2D eigenvalue weighted by atomic mass is 15.3. The maximum Gasteiger partial charge on any atom is 0.132 e. The normalized spacial score (nSPS) is 17.2. The minimum atomic E-state index is 0.820. The summed E-state index contributed by atoms with van der Waals surface area (Å²) in [5.74, 6) is 1.93. The topological polar surface area (TPSA) is 44.3 Å². The van der Waals surface area contributed by atoms with E-state index in [9.17, 15) is 0 Å². The van der Waals surface area contributed by atoms with Crippen molar-refractivity contribution in [2.24, 2.45) is 0 Å². The van der Waals surface area contributed by atoms with Crippen molar-refractivity contribution >= 4 is 5.82 Å². The molecule has 0 spiro atoms. The largest absolute Gasteiger partial charge is 0.354 e. The Kier molecular flexibility index (Phi) is 4.49. The molecule has 1 aromatic rings. The van der Waals surface area contributed by atoms with Gasteiger partial charge in [0.1, 0.15) is 11.6 Å². The molecule has 0 atom stereocenters. The van der Waals surface area contributed by atoms with E-state index in [2.05, 4.69) is 45.1 Å². The molecule has 0 unspecified atom stereocenters. The standard InChI is InChI=1S/C13H23N5/c1-4-14-10-12-9-13(16-11(2)15-12)18-7-5-17(3)6-8-18/h9,14H,4-8,10H2,1-3H3. The van der Waals surface area contributed by atoms with Crippen LogP contribution in [0.5, 0.6) is 0 Å². The summed E-state index contributed by atoms with van der Waals surface area (Å²) in [6.45, 7) is 10.2. The number of hydrogen-bond donors (Lipinski definition) is 1. The Bertz CT molecular complexity index is 385. The highest BCUT2D eigenvalue weighted by Crippen LogP contribution is 2.14. The van der Waals surface area contributed by atoms with Crippen molar-refractivity contribution in [2.45, 2.75) is 20.4 Å². The monoisotopic (exact) mass is 249 g/mol. The van der Waals surface area contributed by atoms with Crippen molar-refractivity contribution in [3.8, 4) is 0 Å². The van der Waals surface area contributed by atoms with Gasteiger partial charge in [0.2, 0.25) is 0 Å². The molecule has 0 radical (unpaired) electrons. The van der Waals surface area contributed by atoms with Crippen LogP contribution in [0.15, 0.2) is 6.07 Å². The Hall–Kier alpha value is -1.20. The summed E-state index contributed by atoms with van der Waals surface area (Å²) in [4.78, 5) is 13.7. The fourth-order valence-corrected chi connectivity index (χ4v) is 2.15. The molecule has 5 nitrogen and oxygen atoms in total. The molecule has 1 aromatic heterocycles. The summed E-state index contributed by atoms with van der Waals surface area (Å²) >= 11 is 0. The van der Waals surface area contributed by atoms with Gasteiger partial charge in [-0.15, -0.1) is 0 Å². The second-order valence-corrected chi connectivity index (χ2v) is 4.84. The van der Waals surface area contributed by atoms with Crippen molar-refractivity contribution in [1.29, 1.82) is 0 Å². The zero-order chi connectivity index (χ0) is 13.0. The van der Waals surface area contributed by atoms with Crippen LogP contribution in [-0.2, 0) is 6.54 Å². The molecule has 100 valence electrons. The van der Waals surface area contributed by atoms with Gasteiger partial charge in [-0.1, -0.05) is 6.92 Å². The third-order valence-corrected chi connectivity index (χ3v) is 3.26. The van der Waals surface area contributed by atoms with E-state index in [4.69, 9.17) is 0 Å². The van der Waals surface area contributed by atoms with Gasteiger partial charge >= 0.3 is 0 Å². The molecular formula is C13H23N5. The van der Waals surface area contributed by atoms with Gasteiger partial charge < -0.3 is 15.1 Å². The molecule has 1 aliphatic heterocycles. The number of nitrogens with one attached hydrogen (secondary N) is 1. The number of hydrogen-bond acceptors (Lipinski definition) is 5. The van der Waals surface area contributed by atoms with Crippen LogP contribution in [0.25, 0.3) is 0 Å². The van der Waals surface area contributed by atoms with E-state index in [1.165, 1.54) is 0 Å². The van der Waals surface area contributed by atoms with E-state index in [1.54, 1.807) is 0 Å². The van der Waals surface area contributed by atoms with Gasteiger partial charge in [0.15, 0.2) is 0 Å². The number of aromatic nitrogens is 2. The number of anilines is 1. The first-order valence-corrected chi connectivity index (χ1v) is 6.68. The highest BCUT2D eigenvalue weighted by molar-refractivity contribution is 5.40. The van der Waals surface area contributed by atoms with Gasteiger partial charge in [0.25, 0.3) is 0 Å². The third kappa shape index (κ3) is 3.40. The lowest BCUT2D eigenvalue weighted by Gasteiger charge is -2.33. The first-order valence-electron chi connectivity index (χ1n) is 6.68. The minimum absolute atomic E-state index is 0.820. The van der Waals surface area contributed by atoms with Gasteiger partial charge in [-0.25, -0.2) is 9.97 Å². The lowest BCUT2D eigenvalue weighted by molar-refractivity contribution is 0.312. The van der Waals surface area contributed by atoms with Crippen LogP contribution in [0.4, 0.5) is 5.82 Å². The summed E-state index contributed by atoms with van der Waals surface area (Å²) < 4.78 is 0. The predicted molar refractivity (Wildman–Crippen MR) is 73.9 cm³/mol. The predicted octanol–water partition coefficient (Wildman–Crippen LogP) is 0.646. The van der Waals surface area contributed by atoms with Crippen molar-refractivity contribution in [3.05, 3.63) is 17.6 Å². The Labute approximate surface area is 109 Å². The lowest BCUT2D eigenvalue weighted by Crippen LogP contribution is -2.45. The van der Waals surface area contributed by atoms with Crippen LogP contribution in [0.2, 0.25) is 0 Å². The molecule has 0 aromatic carbocycles. The average Bonchev–Trinajstić information content (AvgIpc) is 2.36. The SMILES string of the molecule is CCNCc1cc(N2CCN(C)CC2)nc(C)n1. The summed E-state index contributed by atoms with van der Waals surface area (Å²) in [7, 11) is 2.17. The van der Waals surface area contributed by atoms with Gasteiger partial charge in [-0.2, -0.15) is 0 Å². The highest BCUT2D eigenvalue weighted by Gasteiger charge is 2.16. The number of rotatable bonds is 4. The second-order valence-electron chi connectivity index (χ2n) is 4.84. The fraction of sp³-hybridized carbons (Fsp3) is 0.692. The molecular weight excluding hydrogens is 226 g/mol. The second kappa shape index (κ2) is 6.11. The van der Waals surface area contributed by atoms with Crippen LogP contribution in [0, 0.1) is 6.92 Å². The van der Waals surface area contributed by atoms with Crippen LogP contribution < -0.4 is 10.2 Å². The molecule has 5 heteroatoms. The fourth-order valence-electron chi connectivity index (χ4n) is 2.15. The van der Waals surface area contributed by atoms with Gasteiger partial charge in [0, 0.05) is 38.8 Å². The Balaban J connectivity index is 2.09. The first-order chi connectivity index (χ1) is 8.69. The molecule has 1 saturated heterocycles. The molecule has 0 aliphatic carbocycles. The van der Waals surface area contributed by atoms with E-state index in [0.717, 1.165) is 56.6 Å². The molecule has 1 N–H and O–H groups in total. The molecule has 0 bridgehead atoms. The molecule has 0 amide bonds. The summed E-state index contributed by atoms with van der Waals surface area (Å²) in [5.41, 5.74) is 1.08. The van der Waals surface area contributed by atoms with Gasteiger partial charge in [-0.3, -0.25) is 0 Å². The molecule has 2 heterocycles. The summed E-state index contributed by atoms with van der Waals surface area (Å²) in [5, 5.41) is 3.31. The van der Waals surface area contributed by atoms with Gasteiger partial charge in [-0.05, 0) is 20.5 Å². The number of aryl methyl sites for hydroxylation is 1. The Morgan fingerprint density at radius 2 is 1.94 bits per heavy atom. The van der Waals surface area contributed by atoms with E-state index in [1.807, 2.05) is 6.92 Å². The zero-order valence-electron chi connectivity index (χ0n) is 11.6. The van der Waals surface area contributed by atoms with Gasteiger partial charge in [0.05, 0.1) is 5.69 Å². The van der Waals surface area contributed by atoms with E-state index in [0.29, 0.717) is 0 Å². The van der Waals surface area contributed by atoms with Crippen LogP contribution in [0.3, 0.4) is 0 Å². The first kappa shape index (κ1) is 13.2. The maximum atomic E-state index is 4.56. The number of likely N-dealkylation sites (N-methyl/N-ethyl adjacent to an activating group) is 1. The molecule has 18 heavy (non-hydrogen) atoms. The lowest BCUT2D eigenvalue weighted by atomic mass is 10.3. The quantitative estimate of drug-likeness (QED) is 0.848. The smallest absolute Gasteiger partial charge is 0.132 e. The van der Waals surface area contributed by atoms with Crippen molar-refractivity contribution in [1.82, 2.24) is 20.2 Å². The van der Waals surface area contributed by atoms with Crippen LogP contribution in [-0.4, -0.2) is 54.6 Å².